The third-order valence-corrected chi connectivity index (χ3v) is 4.71. The second kappa shape index (κ2) is 8.15. The van der Waals surface area contributed by atoms with Crippen molar-refractivity contribution in [1.82, 2.24) is 0 Å². The summed E-state index contributed by atoms with van der Waals surface area (Å²) in [4.78, 5) is 0. The van der Waals surface area contributed by atoms with E-state index in [1.165, 1.54) is 19.3 Å². The summed E-state index contributed by atoms with van der Waals surface area (Å²) in [5, 5.41) is 1.16. The number of benzene rings is 1. The normalized spacial score (nSPS) is 11.6. The van der Waals surface area contributed by atoms with E-state index < -0.39 is 8.56 Å². The average Bonchev–Trinajstić information content (AvgIpc) is 2.26. The first-order valence-corrected chi connectivity index (χ1v) is 10.3. The van der Waals surface area contributed by atoms with Gasteiger partial charge < -0.3 is 8.85 Å². The number of unbranched alkanes of at least 4 members (excludes halogenated alkanes) is 3. The van der Waals surface area contributed by atoms with Gasteiger partial charge in [0.15, 0.2) is 0 Å². The van der Waals surface area contributed by atoms with Crippen LogP contribution in [0.5, 0.6) is 5.75 Å². The topological polar surface area (TPSA) is 18.5 Å². The van der Waals surface area contributed by atoms with E-state index >= 15 is 0 Å². The van der Waals surface area contributed by atoms with Crippen LogP contribution in [0.25, 0.3) is 0 Å². The van der Waals surface area contributed by atoms with Gasteiger partial charge in [-0.15, -0.1) is 0 Å². The highest BCUT2D eigenvalue weighted by Gasteiger charge is 2.26. The molecular formula is C14H22Cl2O2Si. The minimum absolute atomic E-state index is 0.579. The Morgan fingerprint density at radius 1 is 1.00 bits per heavy atom. The number of rotatable bonds is 8. The molecule has 1 aromatic carbocycles. The fourth-order valence-electron chi connectivity index (χ4n) is 1.75. The van der Waals surface area contributed by atoms with Crippen LogP contribution in [0.1, 0.15) is 32.6 Å². The fourth-order valence-corrected chi connectivity index (χ4v) is 3.63. The molecule has 19 heavy (non-hydrogen) atoms. The van der Waals surface area contributed by atoms with Crippen LogP contribution in [0.15, 0.2) is 18.2 Å². The zero-order valence-corrected chi connectivity index (χ0v) is 14.4. The summed E-state index contributed by atoms with van der Waals surface area (Å²) in [6, 6.07) is 5.22. The van der Waals surface area contributed by atoms with Crippen molar-refractivity contribution in [3.63, 3.8) is 0 Å². The van der Waals surface area contributed by atoms with Gasteiger partial charge in [-0.2, -0.15) is 0 Å². The standard InChI is InChI=1S/C14H22Cl2O2Si/c1-4-5-6-7-8-17-19(2,3)18-14-10-12(15)9-13(16)11-14/h9-11H,4-8H2,1-3H3. The van der Waals surface area contributed by atoms with Crippen molar-refractivity contribution < 1.29 is 8.85 Å². The summed E-state index contributed by atoms with van der Waals surface area (Å²) in [6.07, 6.45) is 4.79. The van der Waals surface area contributed by atoms with Gasteiger partial charge in [0.05, 0.1) is 0 Å². The van der Waals surface area contributed by atoms with Crippen molar-refractivity contribution in [1.29, 1.82) is 0 Å². The van der Waals surface area contributed by atoms with Crippen LogP contribution in [0.2, 0.25) is 23.1 Å². The molecule has 0 aliphatic heterocycles. The average molecular weight is 321 g/mol. The summed E-state index contributed by atoms with van der Waals surface area (Å²) in [7, 11) is -2.17. The SMILES string of the molecule is CCCCCCO[Si](C)(C)Oc1cc(Cl)cc(Cl)c1. The van der Waals surface area contributed by atoms with Crippen LogP contribution in [0.3, 0.4) is 0 Å². The third kappa shape index (κ3) is 7.21. The van der Waals surface area contributed by atoms with Gasteiger partial charge in [-0.1, -0.05) is 49.4 Å². The molecule has 0 unspecified atom stereocenters. The molecule has 0 fully saturated rings. The van der Waals surface area contributed by atoms with Crippen molar-refractivity contribution in [2.45, 2.75) is 45.7 Å². The Kier molecular flexibility index (Phi) is 7.22. The molecule has 5 heteroatoms. The summed E-state index contributed by atoms with van der Waals surface area (Å²) >= 11 is 11.9. The Balaban J connectivity index is 2.44. The predicted octanol–water partition coefficient (Wildman–Crippen LogP) is 5.67. The van der Waals surface area contributed by atoms with E-state index in [9.17, 15) is 0 Å². The molecule has 2 nitrogen and oxygen atoms in total. The Morgan fingerprint density at radius 3 is 2.21 bits per heavy atom. The molecule has 1 aromatic rings. The highest BCUT2D eigenvalue weighted by molar-refractivity contribution is 6.65. The molecule has 0 N–H and O–H groups in total. The van der Waals surface area contributed by atoms with Crippen LogP contribution in [0, 0.1) is 0 Å². The summed E-state index contributed by atoms with van der Waals surface area (Å²) in [5.41, 5.74) is 0. The van der Waals surface area contributed by atoms with Gasteiger partial charge in [0, 0.05) is 16.7 Å². The van der Waals surface area contributed by atoms with Crippen molar-refractivity contribution in [3.8, 4) is 5.75 Å². The number of halogens is 2. The van der Waals surface area contributed by atoms with E-state index in [1.807, 2.05) is 13.1 Å². The van der Waals surface area contributed by atoms with E-state index in [0.717, 1.165) is 13.0 Å². The smallest absolute Gasteiger partial charge is 0.392 e. The molecule has 0 radical (unpaired) electrons. The maximum absolute atomic E-state index is 5.95. The van der Waals surface area contributed by atoms with Crippen molar-refractivity contribution in [2.24, 2.45) is 0 Å². The minimum Gasteiger partial charge on any atom is -0.520 e. The molecule has 0 amide bonds. The first kappa shape index (κ1) is 16.8. The molecule has 0 aliphatic rings. The molecule has 0 bridgehead atoms. The second-order valence-electron chi connectivity index (χ2n) is 5.02. The molecule has 0 aliphatic carbocycles. The number of hydrogen-bond donors (Lipinski definition) is 0. The van der Waals surface area contributed by atoms with Gasteiger partial charge in [-0.3, -0.25) is 0 Å². The van der Waals surface area contributed by atoms with Crippen LogP contribution in [-0.4, -0.2) is 15.2 Å². The van der Waals surface area contributed by atoms with E-state index in [1.54, 1.807) is 18.2 Å². The van der Waals surface area contributed by atoms with Gasteiger partial charge in [0.25, 0.3) is 0 Å². The lowest BCUT2D eigenvalue weighted by Gasteiger charge is -2.24. The Bertz CT molecular complexity index is 377. The Morgan fingerprint density at radius 2 is 1.63 bits per heavy atom. The van der Waals surface area contributed by atoms with Gasteiger partial charge in [-0.25, -0.2) is 0 Å². The highest BCUT2D eigenvalue weighted by Crippen LogP contribution is 2.26. The van der Waals surface area contributed by atoms with Crippen LogP contribution in [-0.2, 0) is 4.43 Å². The molecule has 1 rings (SSSR count). The Labute approximate surface area is 127 Å². The summed E-state index contributed by atoms with van der Waals surface area (Å²) in [6.45, 7) is 7.02. The summed E-state index contributed by atoms with van der Waals surface area (Å²) in [5.74, 6) is 0.683. The molecule has 0 saturated heterocycles. The minimum atomic E-state index is -2.17. The lowest BCUT2D eigenvalue weighted by Crippen LogP contribution is -2.38. The molecule has 0 saturated carbocycles. The first-order valence-electron chi connectivity index (χ1n) is 6.72. The third-order valence-electron chi connectivity index (χ3n) is 2.65. The van der Waals surface area contributed by atoms with Gasteiger partial charge >= 0.3 is 8.56 Å². The maximum Gasteiger partial charge on any atom is 0.392 e. The van der Waals surface area contributed by atoms with E-state index in [4.69, 9.17) is 32.1 Å². The quantitative estimate of drug-likeness (QED) is 0.453. The highest BCUT2D eigenvalue weighted by atomic mass is 35.5. The van der Waals surface area contributed by atoms with Crippen LogP contribution in [0.4, 0.5) is 0 Å². The molecule has 0 aromatic heterocycles. The van der Waals surface area contributed by atoms with Gasteiger partial charge in [0.2, 0.25) is 0 Å². The van der Waals surface area contributed by atoms with E-state index in [2.05, 4.69) is 6.92 Å². The van der Waals surface area contributed by atoms with Crippen LogP contribution >= 0.6 is 23.2 Å². The van der Waals surface area contributed by atoms with Crippen molar-refractivity contribution in [2.75, 3.05) is 6.61 Å². The fraction of sp³-hybridized carbons (Fsp3) is 0.571. The van der Waals surface area contributed by atoms with Crippen molar-refractivity contribution in [3.05, 3.63) is 28.2 Å². The largest absolute Gasteiger partial charge is 0.520 e. The monoisotopic (exact) mass is 320 g/mol. The first-order chi connectivity index (χ1) is 8.93. The second-order valence-corrected chi connectivity index (χ2v) is 9.18. The Hall–Kier alpha value is -0.223. The van der Waals surface area contributed by atoms with Crippen LogP contribution < -0.4 is 4.43 Å². The van der Waals surface area contributed by atoms with E-state index in [0.29, 0.717) is 15.8 Å². The van der Waals surface area contributed by atoms with Crippen molar-refractivity contribution >= 4 is 31.8 Å². The number of hydrogen-bond acceptors (Lipinski definition) is 2. The zero-order chi connectivity index (χ0) is 14.3. The molecule has 0 atom stereocenters. The molecule has 0 spiro atoms. The molecular weight excluding hydrogens is 299 g/mol. The predicted molar refractivity (Wildman–Crippen MR) is 84.7 cm³/mol. The maximum atomic E-state index is 5.95. The lowest BCUT2D eigenvalue weighted by atomic mass is 10.2. The van der Waals surface area contributed by atoms with Gasteiger partial charge in [0.1, 0.15) is 5.75 Å². The van der Waals surface area contributed by atoms with E-state index in [-0.39, 0.29) is 0 Å². The lowest BCUT2D eigenvalue weighted by molar-refractivity contribution is 0.241. The summed E-state index contributed by atoms with van der Waals surface area (Å²) < 4.78 is 11.8. The van der Waals surface area contributed by atoms with Gasteiger partial charge in [-0.05, 0) is 37.7 Å². The zero-order valence-electron chi connectivity index (χ0n) is 11.8. The molecule has 0 heterocycles. The molecule has 108 valence electrons.